The second-order valence-electron chi connectivity index (χ2n) is 6.27. The Morgan fingerprint density at radius 2 is 1.19 bits per heavy atom. The maximum absolute atomic E-state index is 14.7. The zero-order chi connectivity index (χ0) is 18.5. The van der Waals surface area contributed by atoms with Crippen molar-refractivity contribution in [3.8, 4) is 22.3 Å². The van der Waals surface area contributed by atoms with Crippen LogP contribution >= 0.6 is 0 Å². The van der Waals surface area contributed by atoms with E-state index < -0.39 is 11.6 Å². The summed E-state index contributed by atoms with van der Waals surface area (Å²) in [6, 6.07) is 18.3. The number of hydrogen-bond acceptors (Lipinski definition) is 0. The van der Waals surface area contributed by atoms with Crippen molar-refractivity contribution in [1.82, 2.24) is 0 Å². The number of hydrogen-bond donors (Lipinski definition) is 0. The van der Waals surface area contributed by atoms with Crippen molar-refractivity contribution < 1.29 is 8.78 Å². The Labute approximate surface area is 153 Å². The van der Waals surface area contributed by atoms with Gasteiger partial charge in [-0.05, 0) is 35.1 Å². The van der Waals surface area contributed by atoms with Crippen molar-refractivity contribution in [3.63, 3.8) is 0 Å². The van der Waals surface area contributed by atoms with Crippen LogP contribution in [0.25, 0.3) is 28.3 Å². The standard InChI is InChI=1S/C24H22F2/c1-3-5-6-18-9-13-20(14-10-18)22-16-15-21(23(25)24(22)26)19-11-7-17(4-2)8-12-19/h5-16H,3-4H2,1-2H3/b6-5+. The first-order chi connectivity index (χ1) is 12.6. The molecule has 0 saturated heterocycles. The molecule has 0 aliphatic rings. The number of aryl methyl sites for hydroxylation is 1. The molecule has 0 aliphatic heterocycles. The zero-order valence-electron chi connectivity index (χ0n) is 15.1. The Kier molecular flexibility index (Phi) is 5.62. The molecule has 0 aromatic heterocycles. The van der Waals surface area contributed by atoms with Gasteiger partial charge in [-0.25, -0.2) is 8.78 Å². The Morgan fingerprint density at radius 3 is 1.65 bits per heavy atom. The molecule has 0 radical (unpaired) electrons. The van der Waals surface area contributed by atoms with Crippen LogP contribution in [0.3, 0.4) is 0 Å². The lowest BCUT2D eigenvalue weighted by molar-refractivity contribution is 0.514. The summed E-state index contributed by atoms with van der Waals surface area (Å²) in [6.07, 6.45) is 5.96. The van der Waals surface area contributed by atoms with Crippen molar-refractivity contribution in [3.05, 3.63) is 89.5 Å². The molecule has 0 bridgehead atoms. The maximum Gasteiger partial charge on any atom is 0.167 e. The summed E-state index contributed by atoms with van der Waals surface area (Å²) >= 11 is 0. The van der Waals surface area contributed by atoms with Gasteiger partial charge in [0.2, 0.25) is 0 Å². The van der Waals surface area contributed by atoms with Gasteiger partial charge in [0.1, 0.15) is 0 Å². The SMILES string of the molecule is CC/C=C/c1ccc(-c2ccc(-c3ccc(CC)cc3)c(F)c2F)cc1. The predicted molar refractivity (Wildman–Crippen MR) is 106 cm³/mol. The molecule has 0 fully saturated rings. The van der Waals surface area contributed by atoms with Crippen LogP contribution in [0.5, 0.6) is 0 Å². The monoisotopic (exact) mass is 348 g/mol. The third kappa shape index (κ3) is 3.75. The van der Waals surface area contributed by atoms with Crippen LogP contribution in [-0.2, 0) is 6.42 Å². The summed E-state index contributed by atoms with van der Waals surface area (Å²) in [5.41, 5.74) is 4.14. The minimum atomic E-state index is -0.807. The molecule has 3 aromatic rings. The highest BCUT2D eigenvalue weighted by atomic mass is 19.2. The Balaban J connectivity index is 1.95. The average Bonchev–Trinajstić information content (AvgIpc) is 2.69. The molecule has 26 heavy (non-hydrogen) atoms. The van der Waals surface area contributed by atoms with E-state index in [4.69, 9.17) is 0 Å². The highest BCUT2D eigenvalue weighted by Gasteiger charge is 2.15. The van der Waals surface area contributed by atoms with Crippen molar-refractivity contribution in [2.75, 3.05) is 0 Å². The first-order valence-corrected chi connectivity index (χ1v) is 8.98. The molecule has 0 heterocycles. The van der Waals surface area contributed by atoms with Gasteiger partial charge in [0.05, 0.1) is 0 Å². The molecule has 0 amide bonds. The van der Waals surface area contributed by atoms with Gasteiger partial charge in [-0.3, -0.25) is 0 Å². The Hall–Kier alpha value is -2.74. The summed E-state index contributed by atoms with van der Waals surface area (Å²) in [5, 5.41) is 0. The summed E-state index contributed by atoms with van der Waals surface area (Å²) < 4.78 is 29.4. The molecule has 0 aliphatic carbocycles. The van der Waals surface area contributed by atoms with Gasteiger partial charge in [-0.15, -0.1) is 0 Å². The third-order valence-electron chi connectivity index (χ3n) is 4.52. The molecule has 0 spiro atoms. The molecule has 0 saturated carbocycles. The van der Waals surface area contributed by atoms with E-state index >= 15 is 0 Å². The van der Waals surface area contributed by atoms with Gasteiger partial charge in [-0.2, -0.15) is 0 Å². The minimum absolute atomic E-state index is 0.280. The van der Waals surface area contributed by atoms with Crippen LogP contribution < -0.4 is 0 Å². The Bertz CT molecular complexity index is 904. The fourth-order valence-electron chi connectivity index (χ4n) is 2.94. The largest absolute Gasteiger partial charge is 0.203 e. The Morgan fingerprint density at radius 1 is 0.692 bits per heavy atom. The quantitative estimate of drug-likeness (QED) is 0.454. The smallest absolute Gasteiger partial charge is 0.167 e. The first-order valence-electron chi connectivity index (χ1n) is 8.98. The molecule has 3 rings (SSSR count). The molecule has 0 nitrogen and oxygen atoms in total. The van der Waals surface area contributed by atoms with E-state index in [1.54, 1.807) is 12.1 Å². The van der Waals surface area contributed by atoms with Crippen LogP contribution in [0.1, 0.15) is 31.4 Å². The van der Waals surface area contributed by atoms with Gasteiger partial charge in [-0.1, -0.05) is 86.7 Å². The first kappa shape index (κ1) is 18.1. The molecule has 0 N–H and O–H groups in total. The number of benzene rings is 3. The molecule has 0 atom stereocenters. The molecule has 132 valence electrons. The molecule has 0 unspecified atom stereocenters. The second-order valence-corrected chi connectivity index (χ2v) is 6.27. The third-order valence-corrected chi connectivity index (χ3v) is 4.52. The van der Waals surface area contributed by atoms with Gasteiger partial charge in [0, 0.05) is 11.1 Å². The number of allylic oxidation sites excluding steroid dienone is 1. The predicted octanol–water partition coefficient (Wildman–Crippen LogP) is 7.28. The highest BCUT2D eigenvalue weighted by molar-refractivity contribution is 5.72. The molecule has 2 heteroatoms. The lowest BCUT2D eigenvalue weighted by Crippen LogP contribution is -1.94. The van der Waals surface area contributed by atoms with Crippen LogP contribution in [0.15, 0.2) is 66.7 Å². The summed E-state index contributed by atoms with van der Waals surface area (Å²) in [4.78, 5) is 0. The van der Waals surface area contributed by atoms with Crippen LogP contribution in [-0.4, -0.2) is 0 Å². The normalized spacial score (nSPS) is 11.2. The fourth-order valence-corrected chi connectivity index (χ4v) is 2.94. The number of halogens is 2. The lowest BCUT2D eigenvalue weighted by Gasteiger charge is -2.10. The lowest BCUT2D eigenvalue weighted by atomic mass is 9.97. The molecular formula is C24H22F2. The van der Waals surface area contributed by atoms with Crippen LogP contribution in [0, 0.1) is 11.6 Å². The summed E-state index contributed by atoms with van der Waals surface area (Å²) in [6.45, 7) is 4.13. The van der Waals surface area contributed by atoms with E-state index in [2.05, 4.69) is 19.9 Å². The summed E-state index contributed by atoms with van der Waals surface area (Å²) in [7, 11) is 0. The average molecular weight is 348 g/mol. The van der Waals surface area contributed by atoms with Crippen molar-refractivity contribution in [1.29, 1.82) is 0 Å². The minimum Gasteiger partial charge on any atom is -0.203 e. The van der Waals surface area contributed by atoms with Gasteiger partial charge < -0.3 is 0 Å². The van der Waals surface area contributed by atoms with Gasteiger partial charge in [0.25, 0.3) is 0 Å². The van der Waals surface area contributed by atoms with E-state index in [0.717, 1.165) is 18.4 Å². The van der Waals surface area contributed by atoms with E-state index in [1.807, 2.05) is 54.6 Å². The van der Waals surface area contributed by atoms with Gasteiger partial charge >= 0.3 is 0 Å². The van der Waals surface area contributed by atoms with E-state index in [0.29, 0.717) is 11.1 Å². The highest BCUT2D eigenvalue weighted by Crippen LogP contribution is 2.31. The van der Waals surface area contributed by atoms with Crippen LogP contribution in [0.2, 0.25) is 0 Å². The summed E-state index contributed by atoms with van der Waals surface area (Å²) in [5.74, 6) is -1.61. The van der Waals surface area contributed by atoms with Gasteiger partial charge in [0.15, 0.2) is 11.6 Å². The van der Waals surface area contributed by atoms with Crippen molar-refractivity contribution >= 4 is 6.08 Å². The van der Waals surface area contributed by atoms with Crippen LogP contribution in [0.4, 0.5) is 8.78 Å². The van der Waals surface area contributed by atoms with E-state index in [-0.39, 0.29) is 11.1 Å². The fraction of sp³-hybridized carbons (Fsp3) is 0.167. The zero-order valence-corrected chi connectivity index (χ0v) is 15.1. The topological polar surface area (TPSA) is 0 Å². The number of rotatable bonds is 5. The molecular weight excluding hydrogens is 326 g/mol. The van der Waals surface area contributed by atoms with E-state index in [1.165, 1.54) is 5.56 Å². The van der Waals surface area contributed by atoms with E-state index in [9.17, 15) is 8.78 Å². The van der Waals surface area contributed by atoms with Crippen molar-refractivity contribution in [2.45, 2.75) is 26.7 Å². The molecule has 3 aromatic carbocycles. The maximum atomic E-state index is 14.7. The second kappa shape index (κ2) is 8.09. The van der Waals surface area contributed by atoms with Crippen molar-refractivity contribution in [2.24, 2.45) is 0 Å².